The minimum absolute atomic E-state index is 0. The molecule has 0 N–H and O–H groups in total. The first-order chi connectivity index (χ1) is 22.5. The van der Waals surface area contributed by atoms with Crippen LogP contribution in [-0.4, -0.2) is 18.0 Å². The Labute approximate surface area is 299 Å². The van der Waals surface area contributed by atoms with Gasteiger partial charge in [0.15, 0.2) is 0 Å². The van der Waals surface area contributed by atoms with Crippen molar-refractivity contribution in [2.45, 2.75) is 58.7 Å². The van der Waals surface area contributed by atoms with Crippen molar-refractivity contribution in [2.75, 3.05) is 0 Å². The van der Waals surface area contributed by atoms with Crippen molar-refractivity contribution in [1.82, 2.24) is 9.97 Å². The van der Waals surface area contributed by atoms with Gasteiger partial charge in [0.05, 0.1) is 13.7 Å². The number of rotatable bonds is 5. The van der Waals surface area contributed by atoms with Crippen LogP contribution in [0.4, 0.5) is 0 Å². The van der Waals surface area contributed by atoms with Crippen LogP contribution in [0.25, 0.3) is 44.5 Å². The van der Waals surface area contributed by atoms with E-state index < -0.39 is 8.07 Å². The summed E-state index contributed by atoms with van der Waals surface area (Å²) in [6.45, 7) is 15.9. The summed E-state index contributed by atoms with van der Waals surface area (Å²) in [5.41, 5.74) is 9.48. The molecule has 0 saturated carbocycles. The molecule has 1 radical (unpaired) electrons. The van der Waals surface area contributed by atoms with Gasteiger partial charge in [0, 0.05) is 43.8 Å². The average Bonchev–Trinajstić information content (AvgIpc) is 3.46. The molecule has 3 nitrogen and oxygen atoms in total. The molecule has 0 bridgehead atoms. The van der Waals surface area contributed by atoms with Crippen molar-refractivity contribution < 1.29 is 24.5 Å². The van der Waals surface area contributed by atoms with E-state index in [1.165, 1.54) is 21.9 Å². The Morgan fingerprint density at radius 3 is 2.15 bits per heavy atom. The van der Waals surface area contributed by atoms with Crippen LogP contribution in [-0.2, 0) is 25.5 Å². The second-order valence-corrected chi connectivity index (χ2v) is 19.3. The molecule has 0 fully saturated rings. The first-order valence-corrected chi connectivity index (χ1v) is 19.8. The van der Waals surface area contributed by atoms with E-state index in [0.29, 0.717) is 5.92 Å². The van der Waals surface area contributed by atoms with Crippen LogP contribution in [0.5, 0.6) is 0 Å². The number of hydrogen-bond acceptors (Lipinski definition) is 3. The molecule has 0 saturated heterocycles. The first kappa shape index (κ1) is 35.2. The number of aromatic nitrogens is 2. The minimum atomic E-state index is -1.23. The van der Waals surface area contributed by atoms with E-state index in [4.69, 9.17) is 4.42 Å². The average molecular weight is 823 g/mol. The predicted molar refractivity (Wildman–Crippen MR) is 200 cm³/mol. The molecular weight excluding hydrogens is 781 g/mol. The Kier molecular flexibility index (Phi) is 10.6. The summed E-state index contributed by atoms with van der Waals surface area (Å²) in [6, 6.07) is 44.3. The number of furan rings is 1. The molecule has 245 valence electrons. The molecule has 0 spiro atoms. The number of pyridine rings is 2. The molecule has 0 aliphatic carbocycles. The summed E-state index contributed by atoms with van der Waals surface area (Å²) in [5.74, 6) is 0.301. The summed E-state index contributed by atoms with van der Waals surface area (Å²) in [4.78, 5) is 9.16. The van der Waals surface area contributed by atoms with Crippen LogP contribution >= 0.6 is 0 Å². The Bertz CT molecular complexity index is 2110. The zero-order valence-corrected chi connectivity index (χ0v) is 32.2. The quantitative estimate of drug-likeness (QED) is 0.128. The van der Waals surface area contributed by atoms with E-state index >= 15 is 0 Å². The van der Waals surface area contributed by atoms with Gasteiger partial charge in [-0.25, -0.2) is 0 Å². The van der Waals surface area contributed by atoms with Crippen LogP contribution in [0.15, 0.2) is 126 Å². The van der Waals surface area contributed by atoms with Crippen molar-refractivity contribution in [3.63, 3.8) is 0 Å². The summed E-state index contributed by atoms with van der Waals surface area (Å²) in [6.07, 6.45) is 3.90. The predicted octanol–water partition coefficient (Wildman–Crippen LogP) is 11.0. The summed E-state index contributed by atoms with van der Waals surface area (Å²) < 4.78 is 6.42. The third-order valence-corrected chi connectivity index (χ3v) is 10.8. The van der Waals surface area contributed by atoms with Gasteiger partial charge in [-0.05, 0) is 50.8 Å². The molecule has 0 amide bonds. The summed E-state index contributed by atoms with van der Waals surface area (Å²) in [5, 5.41) is 3.62. The standard InChI is InChI=1S/C29H26NO.C14H16NSi.Ir/c1-19(20-9-6-5-7-10-20)21-13-14-23-24-11-8-12-25(28(24)31-27(23)17-21)26-18-22(15-16-30-26)29(2,3)4;1-16(2,3)13-9-10-14(15-11-13)12-7-5-4-6-8-12;/h5-11,13-19H,1-4H3;4-7,9-11H,1-3H3;/q2*-1;. The summed E-state index contributed by atoms with van der Waals surface area (Å²) in [7, 11) is -1.23. The normalized spacial score (nSPS) is 12.2. The topological polar surface area (TPSA) is 38.9 Å². The molecule has 0 aliphatic heterocycles. The third-order valence-electron chi connectivity index (χ3n) is 8.75. The molecule has 1 atom stereocenters. The smallest absolute Gasteiger partial charge is 0.121 e. The molecule has 3 aromatic heterocycles. The molecule has 7 rings (SSSR count). The Hall–Kier alpha value is -4.15. The Morgan fingerprint density at radius 2 is 1.48 bits per heavy atom. The van der Waals surface area contributed by atoms with Gasteiger partial charge >= 0.3 is 0 Å². The molecular formula is C43H42IrN2OSi-2. The molecule has 0 aliphatic rings. The van der Waals surface area contributed by atoms with Crippen LogP contribution in [0.1, 0.15) is 50.3 Å². The van der Waals surface area contributed by atoms with E-state index in [9.17, 15) is 0 Å². The zero-order valence-electron chi connectivity index (χ0n) is 28.8. The second-order valence-electron chi connectivity index (χ2n) is 14.2. The summed E-state index contributed by atoms with van der Waals surface area (Å²) >= 11 is 0. The van der Waals surface area contributed by atoms with Crippen molar-refractivity contribution in [3.05, 3.63) is 150 Å². The molecule has 7 aromatic rings. The Balaban J connectivity index is 0.000000224. The van der Waals surface area contributed by atoms with Crippen molar-refractivity contribution in [2.24, 2.45) is 0 Å². The van der Waals surface area contributed by atoms with Crippen LogP contribution in [0.3, 0.4) is 0 Å². The third kappa shape index (κ3) is 7.76. The molecule has 48 heavy (non-hydrogen) atoms. The fraction of sp³-hybridized carbons (Fsp3) is 0.209. The van der Waals surface area contributed by atoms with Crippen LogP contribution < -0.4 is 5.19 Å². The Morgan fingerprint density at radius 1 is 0.708 bits per heavy atom. The fourth-order valence-electron chi connectivity index (χ4n) is 5.74. The van der Waals surface area contributed by atoms with E-state index in [-0.39, 0.29) is 25.5 Å². The first-order valence-electron chi connectivity index (χ1n) is 16.3. The van der Waals surface area contributed by atoms with Crippen molar-refractivity contribution in [3.8, 4) is 22.5 Å². The number of nitrogens with zero attached hydrogens (tertiary/aromatic N) is 2. The van der Waals surface area contributed by atoms with Gasteiger partial charge in [-0.3, -0.25) is 0 Å². The van der Waals surface area contributed by atoms with Crippen molar-refractivity contribution in [1.29, 1.82) is 0 Å². The van der Waals surface area contributed by atoms with Gasteiger partial charge in [0.25, 0.3) is 0 Å². The molecule has 4 aromatic carbocycles. The minimum Gasteiger partial charge on any atom is -0.501 e. The van der Waals surface area contributed by atoms with E-state index in [1.54, 1.807) is 0 Å². The molecule has 1 unspecified atom stereocenters. The number of hydrogen-bond donors (Lipinski definition) is 0. The van der Waals surface area contributed by atoms with Gasteiger partial charge < -0.3 is 14.4 Å². The van der Waals surface area contributed by atoms with Gasteiger partial charge in [-0.15, -0.1) is 54.1 Å². The van der Waals surface area contributed by atoms with E-state index in [2.05, 4.69) is 148 Å². The van der Waals surface area contributed by atoms with Gasteiger partial charge in [-0.2, -0.15) is 0 Å². The SMILES string of the molecule is CC(c1ccccc1)c1ccc2c(c1)oc1c(-c3cc(C(C)(C)C)ccn3)[c-]ccc12.C[Si](C)(C)c1ccc(-c2[c-]cccc2)nc1.[Ir]. The van der Waals surface area contributed by atoms with Crippen molar-refractivity contribution >= 4 is 35.2 Å². The maximum Gasteiger partial charge on any atom is 0.121 e. The number of benzene rings is 4. The van der Waals surface area contributed by atoms with Gasteiger partial charge in [0.2, 0.25) is 0 Å². The maximum absolute atomic E-state index is 6.42. The van der Waals surface area contributed by atoms with E-state index in [1.807, 2.05) is 42.7 Å². The zero-order chi connectivity index (χ0) is 33.2. The van der Waals surface area contributed by atoms with Gasteiger partial charge in [-0.1, -0.05) is 119 Å². The fourth-order valence-corrected chi connectivity index (χ4v) is 6.77. The van der Waals surface area contributed by atoms with Crippen LogP contribution in [0.2, 0.25) is 19.6 Å². The monoisotopic (exact) mass is 823 g/mol. The van der Waals surface area contributed by atoms with E-state index in [0.717, 1.165) is 44.5 Å². The second kappa shape index (κ2) is 14.5. The largest absolute Gasteiger partial charge is 0.501 e. The van der Waals surface area contributed by atoms with Crippen LogP contribution in [0, 0.1) is 12.1 Å². The maximum atomic E-state index is 6.42. The van der Waals surface area contributed by atoms with Gasteiger partial charge in [0.1, 0.15) is 5.58 Å². The molecule has 3 heterocycles. The number of fused-ring (bicyclic) bond motifs is 3. The molecule has 5 heteroatoms.